The molecular formula is C29H40ClN5O7S. The van der Waals surface area contributed by atoms with E-state index < -0.39 is 58.0 Å². The van der Waals surface area contributed by atoms with Gasteiger partial charge in [0, 0.05) is 36.2 Å². The van der Waals surface area contributed by atoms with Crippen molar-refractivity contribution in [3.63, 3.8) is 0 Å². The molecule has 2 aromatic rings. The number of hydrogen-bond donors (Lipinski definition) is 2. The molecule has 1 aliphatic rings. The van der Waals surface area contributed by atoms with Gasteiger partial charge >= 0.3 is 6.09 Å². The number of carboxylic acid groups (broad SMARTS) is 1. The van der Waals surface area contributed by atoms with E-state index in [-0.39, 0.29) is 37.0 Å². The molecule has 0 aliphatic carbocycles. The first-order valence-corrected chi connectivity index (χ1v) is 15.8. The van der Waals surface area contributed by atoms with Crippen LogP contribution in [0.25, 0.3) is 10.8 Å². The number of nitrogens with zero attached hydrogens (tertiary/aromatic N) is 4. The van der Waals surface area contributed by atoms with Gasteiger partial charge in [0.1, 0.15) is 12.1 Å². The minimum absolute atomic E-state index is 0.0463. The lowest BCUT2D eigenvalue weighted by molar-refractivity contribution is -0.145. The minimum Gasteiger partial charge on any atom is -0.465 e. The Morgan fingerprint density at radius 1 is 1.07 bits per heavy atom. The molecule has 1 fully saturated rings. The number of primary amides is 1. The van der Waals surface area contributed by atoms with Gasteiger partial charge < -0.3 is 25.5 Å². The summed E-state index contributed by atoms with van der Waals surface area (Å²) in [7, 11) is -4.36. The molecule has 14 heteroatoms. The molecule has 2 atom stereocenters. The summed E-state index contributed by atoms with van der Waals surface area (Å²) in [5.41, 5.74) is 4.74. The fraction of sp³-hybridized carbons (Fsp3) is 0.517. The van der Waals surface area contributed by atoms with E-state index in [0.29, 0.717) is 15.8 Å². The van der Waals surface area contributed by atoms with Crippen LogP contribution in [0.2, 0.25) is 5.02 Å². The van der Waals surface area contributed by atoms with E-state index in [4.69, 9.17) is 17.3 Å². The topological polar surface area (TPSA) is 162 Å². The maximum Gasteiger partial charge on any atom is 0.407 e. The number of halogens is 1. The average Bonchev–Trinajstić information content (AvgIpc) is 3.27. The number of carbonyl (C=O) groups excluding carboxylic acids is 3. The second-order valence-corrected chi connectivity index (χ2v) is 14.2. The van der Waals surface area contributed by atoms with E-state index in [9.17, 15) is 32.7 Å². The molecule has 12 nitrogen and oxygen atoms in total. The van der Waals surface area contributed by atoms with Gasteiger partial charge in [-0.05, 0) is 83.0 Å². The predicted molar refractivity (Wildman–Crippen MR) is 163 cm³/mol. The normalized spacial score (nSPS) is 16.6. The number of hydrogen-bond acceptors (Lipinski definition) is 6. The Bertz CT molecular complexity index is 1510. The lowest BCUT2D eigenvalue weighted by Gasteiger charge is -2.38. The van der Waals surface area contributed by atoms with Crippen LogP contribution in [0.15, 0.2) is 41.3 Å². The summed E-state index contributed by atoms with van der Waals surface area (Å²) in [5.74, 6) is -1.95. The highest BCUT2D eigenvalue weighted by molar-refractivity contribution is 7.89. The van der Waals surface area contributed by atoms with Crippen LogP contribution in [0.1, 0.15) is 48.0 Å². The van der Waals surface area contributed by atoms with Gasteiger partial charge in [-0.25, -0.2) is 13.2 Å². The average molecular weight is 638 g/mol. The van der Waals surface area contributed by atoms with Crippen LogP contribution in [0.4, 0.5) is 4.79 Å². The third kappa shape index (κ3) is 7.57. The molecular weight excluding hydrogens is 598 g/mol. The minimum atomic E-state index is -4.36. The maximum atomic E-state index is 13.8. The van der Waals surface area contributed by atoms with Gasteiger partial charge in [-0.15, -0.1) is 0 Å². The largest absolute Gasteiger partial charge is 0.465 e. The Kier molecular flexibility index (Phi) is 10.4. The Balaban J connectivity index is 1.86. The number of sulfonamides is 1. The molecule has 1 aliphatic heterocycles. The van der Waals surface area contributed by atoms with Gasteiger partial charge in [0.15, 0.2) is 0 Å². The van der Waals surface area contributed by atoms with Crippen molar-refractivity contribution in [3.05, 3.63) is 41.4 Å². The number of benzene rings is 2. The molecule has 0 saturated carbocycles. The first-order chi connectivity index (χ1) is 19.9. The van der Waals surface area contributed by atoms with E-state index in [2.05, 4.69) is 0 Å². The van der Waals surface area contributed by atoms with Crippen molar-refractivity contribution in [2.75, 3.05) is 26.2 Å². The van der Waals surface area contributed by atoms with Crippen molar-refractivity contribution in [2.24, 2.45) is 5.73 Å². The Hall–Kier alpha value is -3.42. The van der Waals surface area contributed by atoms with Crippen molar-refractivity contribution in [3.8, 4) is 0 Å². The third-order valence-electron chi connectivity index (χ3n) is 7.59. The maximum absolute atomic E-state index is 13.8. The summed E-state index contributed by atoms with van der Waals surface area (Å²) in [4.78, 5) is 55.0. The fourth-order valence-electron chi connectivity index (χ4n) is 5.27. The molecule has 0 aromatic heterocycles. The van der Waals surface area contributed by atoms with E-state index in [1.165, 1.54) is 26.8 Å². The molecule has 1 heterocycles. The summed E-state index contributed by atoms with van der Waals surface area (Å²) in [5, 5.41) is 11.5. The van der Waals surface area contributed by atoms with Crippen molar-refractivity contribution < 1.29 is 32.7 Å². The number of amides is 4. The van der Waals surface area contributed by atoms with Crippen LogP contribution in [0, 0.1) is 0 Å². The summed E-state index contributed by atoms with van der Waals surface area (Å²) in [6, 6.07) is 6.89. The van der Waals surface area contributed by atoms with Crippen molar-refractivity contribution in [1.29, 1.82) is 0 Å². The molecule has 0 bridgehead atoms. The van der Waals surface area contributed by atoms with Crippen LogP contribution in [-0.4, -0.2) is 106 Å². The summed E-state index contributed by atoms with van der Waals surface area (Å²) in [6.07, 6.45) is -1.06. The van der Waals surface area contributed by atoms with E-state index in [1.807, 2.05) is 0 Å². The summed E-state index contributed by atoms with van der Waals surface area (Å²) >= 11 is 6.05. The van der Waals surface area contributed by atoms with E-state index >= 15 is 0 Å². The standard InChI is InChI=1S/C29H40ClN5O7S/c1-18(2)32(13-14-34(28(39)40)29(4,5)6)26(37)19(3)33-12-11-24(27(33)38)35(17-25(31)36)43(41,42)23-10-8-20-15-22(30)9-7-21(20)16-23/h7-10,15-16,18-19,24H,11-14,17H2,1-6H3,(H2,31,36)(H,39,40)/t19-,24-/m0/s1. The number of carbonyl (C=O) groups is 4. The van der Waals surface area contributed by atoms with Crippen molar-refractivity contribution in [2.45, 2.75) is 76.5 Å². The fourth-order valence-corrected chi connectivity index (χ4v) is 7.06. The summed E-state index contributed by atoms with van der Waals surface area (Å²) < 4.78 is 28.4. The van der Waals surface area contributed by atoms with Crippen LogP contribution >= 0.6 is 11.6 Å². The molecule has 0 unspecified atom stereocenters. The van der Waals surface area contributed by atoms with Crippen LogP contribution in [0.5, 0.6) is 0 Å². The van der Waals surface area contributed by atoms with E-state index in [0.717, 1.165) is 4.31 Å². The number of likely N-dealkylation sites (tertiary alicyclic amines) is 1. The number of rotatable bonds is 11. The molecule has 3 N–H and O–H groups in total. The number of fused-ring (bicyclic) bond motifs is 1. The van der Waals surface area contributed by atoms with Gasteiger partial charge in [-0.3, -0.25) is 14.4 Å². The van der Waals surface area contributed by atoms with Gasteiger partial charge in [0.05, 0.1) is 11.4 Å². The van der Waals surface area contributed by atoms with Gasteiger partial charge in [-0.1, -0.05) is 23.7 Å². The monoisotopic (exact) mass is 637 g/mol. The van der Waals surface area contributed by atoms with Crippen molar-refractivity contribution in [1.82, 2.24) is 19.0 Å². The lowest BCUT2D eigenvalue weighted by Crippen LogP contribution is -2.55. The Labute approximate surface area is 257 Å². The Morgan fingerprint density at radius 2 is 1.67 bits per heavy atom. The SMILES string of the molecule is CC(C)N(CCN(C(=O)O)C(C)(C)C)C(=O)[C@H](C)N1CC[C@H](N(CC(N)=O)S(=O)(=O)c2ccc3cc(Cl)ccc3c2)C1=O. The highest BCUT2D eigenvalue weighted by Crippen LogP contribution is 2.29. The zero-order valence-electron chi connectivity index (χ0n) is 25.3. The lowest BCUT2D eigenvalue weighted by atomic mass is 10.1. The number of nitrogens with two attached hydrogens (primary N) is 1. The zero-order valence-corrected chi connectivity index (χ0v) is 26.9. The first kappa shape index (κ1) is 34.1. The van der Waals surface area contributed by atoms with Crippen LogP contribution in [-0.2, 0) is 24.4 Å². The first-order valence-electron chi connectivity index (χ1n) is 14.0. The molecule has 2 aromatic carbocycles. The van der Waals surface area contributed by atoms with Crippen LogP contribution in [0.3, 0.4) is 0 Å². The predicted octanol–water partition coefficient (Wildman–Crippen LogP) is 2.97. The van der Waals surface area contributed by atoms with Gasteiger partial charge in [0.25, 0.3) is 0 Å². The van der Waals surface area contributed by atoms with Gasteiger partial charge in [0.2, 0.25) is 27.7 Å². The zero-order chi connectivity index (χ0) is 32.4. The highest BCUT2D eigenvalue weighted by atomic mass is 35.5. The second-order valence-electron chi connectivity index (χ2n) is 11.9. The molecule has 0 spiro atoms. The quantitative estimate of drug-likeness (QED) is 0.383. The second kappa shape index (κ2) is 13.1. The molecule has 43 heavy (non-hydrogen) atoms. The van der Waals surface area contributed by atoms with Crippen LogP contribution < -0.4 is 5.73 Å². The smallest absolute Gasteiger partial charge is 0.407 e. The molecule has 4 amide bonds. The molecule has 236 valence electrons. The van der Waals surface area contributed by atoms with E-state index in [1.54, 1.807) is 65.8 Å². The molecule has 0 radical (unpaired) electrons. The third-order valence-corrected chi connectivity index (χ3v) is 9.67. The molecule has 1 saturated heterocycles. The summed E-state index contributed by atoms with van der Waals surface area (Å²) in [6.45, 7) is 9.93. The van der Waals surface area contributed by atoms with Gasteiger partial charge in [-0.2, -0.15) is 4.31 Å². The van der Waals surface area contributed by atoms with Crippen molar-refractivity contribution >= 4 is 56.2 Å². The molecule has 3 rings (SSSR count). The Morgan fingerprint density at radius 3 is 2.23 bits per heavy atom. The highest BCUT2D eigenvalue weighted by Gasteiger charge is 2.45.